The Balaban J connectivity index is 2.48. The van der Waals surface area contributed by atoms with E-state index in [4.69, 9.17) is 9.26 Å². The van der Waals surface area contributed by atoms with E-state index >= 15 is 0 Å². The van der Waals surface area contributed by atoms with E-state index in [1.807, 2.05) is 12.1 Å². The van der Waals surface area contributed by atoms with Crippen LogP contribution in [0, 0.1) is 0 Å². The van der Waals surface area contributed by atoms with Gasteiger partial charge in [-0.1, -0.05) is 17.3 Å². The van der Waals surface area contributed by atoms with Gasteiger partial charge in [-0.05, 0) is 12.1 Å². The maximum Gasteiger partial charge on any atom is 0.262 e. The number of aldehydes is 1. The smallest absolute Gasteiger partial charge is 0.262 e. The van der Waals surface area contributed by atoms with Gasteiger partial charge in [-0.15, -0.1) is 0 Å². The second-order valence-electron chi connectivity index (χ2n) is 2.78. The highest BCUT2D eigenvalue weighted by molar-refractivity contribution is 5.70. The number of carbonyl (C=O) groups excluding carboxylic acids is 1. The van der Waals surface area contributed by atoms with Gasteiger partial charge in [-0.3, -0.25) is 4.79 Å². The summed E-state index contributed by atoms with van der Waals surface area (Å²) in [5, 5.41) is 3.48. The molecule has 5 nitrogen and oxygen atoms in total. The molecule has 0 aliphatic carbocycles. The standard InChI is InChI=1S/C10H8N2O3/c1-14-8-5-3-2-4-7(8)10-11-9(6-13)12-15-10/h2-6H,1H3. The lowest BCUT2D eigenvalue weighted by atomic mass is 10.2. The molecule has 0 unspecified atom stereocenters. The van der Waals surface area contributed by atoms with Crippen LogP contribution < -0.4 is 4.74 Å². The van der Waals surface area contributed by atoms with Gasteiger partial charge in [0.2, 0.25) is 5.82 Å². The minimum Gasteiger partial charge on any atom is -0.496 e. The molecule has 1 aromatic heterocycles. The quantitative estimate of drug-likeness (QED) is 0.710. The number of benzene rings is 1. The second kappa shape index (κ2) is 3.91. The molecule has 0 N–H and O–H groups in total. The summed E-state index contributed by atoms with van der Waals surface area (Å²) in [6, 6.07) is 7.21. The van der Waals surface area contributed by atoms with Crippen LogP contribution in [0.2, 0.25) is 0 Å². The van der Waals surface area contributed by atoms with Gasteiger partial charge >= 0.3 is 0 Å². The van der Waals surface area contributed by atoms with Crippen LogP contribution in [0.4, 0.5) is 0 Å². The van der Waals surface area contributed by atoms with Crippen LogP contribution in [0.15, 0.2) is 28.8 Å². The van der Waals surface area contributed by atoms with Crippen LogP contribution in [0.1, 0.15) is 10.6 Å². The van der Waals surface area contributed by atoms with E-state index in [2.05, 4.69) is 10.1 Å². The Morgan fingerprint density at radius 2 is 2.20 bits per heavy atom. The minimum absolute atomic E-state index is 0.0240. The average Bonchev–Trinajstić information content (AvgIpc) is 2.77. The van der Waals surface area contributed by atoms with E-state index in [1.165, 1.54) is 0 Å². The van der Waals surface area contributed by atoms with Gasteiger partial charge in [0, 0.05) is 0 Å². The third-order valence-corrected chi connectivity index (χ3v) is 1.88. The monoisotopic (exact) mass is 204 g/mol. The Morgan fingerprint density at radius 1 is 1.40 bits per heavy atom. The molecule has 0 spiro atoms. The largest absolute Gasteiger partial charge is 0.496 e. The van der Waals surface area contributed by atoms with Gasteiger partial charge in [0.25, 0.3) is 5.89 Å². The Bertz CT molecular complexity index is 479. The van der Waals surface area contributed by atoms with Crippen LogP contribution in [-0.4, -0.2) is 23.5 Å². The van der Waals surface area contributed by atoms with Crippen molar-refractivity contribution in [2.45, 2.75) is 0 Å². The highest BCUT2D eigenvalue weighted by atomic mass is 16.5. The van der Waals surface area contributed by atoms with Crippen LogP contribution >= 0.6 is 0 Å². The first-order valence-corrected chi connectivity index (χ1v) is 4.27. The van der Waals surface area contributed by atoms with Crippen LogP contribution in [-0.2, 0) is 0 Å². The van der Waals surface area contributed by atoms with E-state index in [0.717, 1.165) is 0 Å². The predicted molar refractivity (Wildman–Crippen MR) is 51.7 cm³/mol. The third-order valence-electron chi connectivity index (χ3n) is 1.88. The lowest BCUT2D eigenvalue weighted by molar-refractivity contribution is 0.111. The van der Waals surface area contributed by atoms with Crippen LogP contribution in [0.5, 0.6) is 5.75 Å². The lowest BCUT2D eigenvalue weighted by Crippen LogP contribution is -1.87. The summed E-state index contributed by atoms with van der Waals surface area (Å²) in [6.07, 6.45) is 0.530. The number of hydrogen-bond donors (Lipinski definition) is 0. The van der Waals surface area contributed by atoms with Gasteiger partial charge in [-0.2, -0.15) is 4.98 Å². The summed E-state index contributed by atoms with van der Waals surface area (Å²) in [5.41, 5.74) is 0.667. The summed E-state index contributed by atoms with van der Waals surface area (Å²) in [6.45, 7) is 0. The van der Waals surface area contributed by atoms with Crippen molar-refractivity contribution >= 4 is 6.29 Å². The Morgan fingerprint density at radius 3 is 2.87 bits per heavy atom. The average molecular weight is 204 g/mol. The molecule has 1 heterocycles. The van der Waals surface area contributed by atoms with Crippen molar-refractivity contribution in [3.05, 3.63) is 30.1 Å². The minimum atomic E-state index is 0.0240. The van der Waals surface area contributed by atoms with Crippen molar-refractivity contribution in [1.29, 1.82) is 0 Å². The molecule has 0 aliphatic rings. The Hall–Kier alpha value is -2.17. The van der Waals surface area contributed by atoms with E-state index in [0.29, 0.717) is 17.6 Å². The van der Waals surface area contributed by atoms with Crippen LogP contribution in [0.3, 0.4) is 0 Å². The van der Waals surface area contributed by atoms with Crippen molar-refractivity contribution in [1.82, 2.24) is 10.1 Å². The number of hydrogen-bond acceptors (Lipinski definition) is 5. The van der Waals surface area contributed by atoms with Gasteiger partial charge in [0.15, 0.2) is 6.29 Å². The molecule has 0 amide bonds. The van der Waals surface area contributed by atoms with Crippen molar-refractivity contribution in [2.75, 3.05) is 7.11 Å². The molecule has 0 atom stereocenters. The molecule has 0 bridgehead atoms. The normalized spacial score (nSPS) is 9.93. The molecule has 2 aromatic rings. The molecule has 76 valence electrons. The van der Waals surface area contributed by atoms with Crippen molar-refractivity contribution in [3.8, 4) is 17.2 Å². The molecular weight excluding hydrogens is 196 g/mol. The van der Waals surface area contributed by atoms with Gasteiger partial charge in [-0.25, -0.2) is 0 Å². The van der Waals surface area contributed by atoms with Crippen molar-refractivity contribution in [3.63, 3.8) is 0 Å². The molecule has 2 rings (SSSR count). The van der Waals surface area contributed by atoms with Crippen molar-refractivity contribution < 1.29 is 14.1 Å². The second-order valence-corrected chi connectivity index (χ2v) is 2.78. The lowest BCUT2D eigenvalue weighted by Gasteiger charge is -2.02. The zero-order chi connectivity index (χ0) is 10.7. The summed E-state index contributed by atoms with van der Waals surface area (Å²) in [4.78, 5) is 14.3. The summed E-state index contributed by atoms with van der Waals surface area (Å²) in [7, 11) is 1.55. The fourth-order valence-electron chi connectivity index (χ4n) is 1.21. The molecule has 0 aliphatic heterocycles. The molecule has 1 aromatic carbocycles. The predicted octanol–water partition coefficient (Wildman–Crippen LogP) is 1.56. The molecule has 0 radical (unpaired) electrons. The molecular formula is C10H8N2O3. The number of para-hydroxylation sites is 1. The summed E-state index contributed by atoms with van der Waals surface area (Å²) in [5.74, 6) is 0.920. The van der Waals surface area contributed by atoms with Crippen molar-refractivity contribution in [2.24, 2.45) is 0 Å². The molecule has 0 saturated carbocycles. The number of ether oxygens (including phenoxy) is 1. The highest BCUT2D eigenvalue weighted by Gasteiger charge is 2.12. The van der Waals surface area contributed by atoms with E-state index in [1.54, 1.807) is 19.2 Å². The number of nitrogens with zero attached hydrogens (tertiary/aromatic N) is 2. The SMILES string of the molecule is COc1ccccc1-c1nc(C=O)no1. The van der Waals surface area contributed by atoms with E-state index in [9.17, 15) is 4.79 Å². The molecule has 0 fully saturated rings. The van der Waals surface area contributed by atoms with Gasteiger partial charge in [0.1, 0.15) is 5.75 Å². The molecule has 15 heavy (non-hydrogen) atoms. The highest BCUT2D eigenvalue weighted by Crippen LogP contribution is 2.27. The maximum atomic E-state index is 10.4. The topological polar surface area (TPSA) is 65.2 Å². The fraction of sp³-hybridized carbons (Fsp3) is 0.100. The zero-order valence-corrected chi connectivity index (χ0v) is 8.01. The number of carbonyl (C=O) groups is 1. The zero-order valence-electron chi connectivity index (χ0n) is 8.01. The number of aromatic nitrogens is 2. The third kappa shape index (κ3) is 1.71. The first kappa shape index (κ1) is 9.39. The number of methoxy groups -OCH3 is 1. The maximum absolute atomic E-state index is 10.4. The Labute approximate surface area is 85.7 Å². The summed E-state index contributed by atoms with van der Waals surface area (Å²) < 4.78 is 10.0. The molecule has 0 saturated heterocycles. The van der Waals surface area contributed by atoms with E-state index < -0.39 is 0 Å². The Kier molecular flexibility index (Phi) is 2.45. The van der Waals surface area contributed by atoms with Gasteiger partial charge in [0.05, 0.1) is 12.7 Å². The van der Waals surface area contributed by atoms with E-state index in [-0.39, 0.29) is 11.7 Å². The first-order chi connectivity index (χ1) is 7.35. The fourth-order valence-corrected chi connectivity index (χ4v) is 1.21. The van der Waals surface area contributed by atoms with Gasteiger partial charge < -0.3 is 9.26 Å². The summed E-state index contributed by atoms with van der Waals surface area (Å²) >= 11 is 0. The first-order valence-electron chi connectivity index (χ1n) is 4.27. The van der Waals surface area contributed by atoms with Crippen LogP contribution in [0.25, 0.3) is 11.5 Å². The molecule has 5 heteroatoms. The number of rotatable bonds is 3.